The van der Waals surface area contributed by atoms with Crippen molar-refractivity contribution in [1.29, 1.82) is 0 Å². The van der Waals surface area contributed by atoms with Crippen LogP contribution in [0, 0.1) is 6.92 Å². The average molecular weight is 373 g/mol. The molecule has 0 spiro atoms. The molecule has 1 aromatic heterocycles. The summed E-state index contributed by atoms with van der Waals surface area (Å²) in [5.41, 5.74) is 6.90. The van der Waals surface area contributed by atoms with Crippen molar-refractivity contribution in [3.05, 3.63) is 88.9 Å². The number of aryl methyl sites for hydroxylation is 1. The maximum atomic E-state index is 6.17. The average Bonchev–Trinajstić information content (AvgIpc) is 2.70. The van der Waals surface area contributed by atoms with Gasteiger partial charge in [0, 0.05) is 21.5 Å². The Hall–Kier alpha value is -3.24. The molecule has 1 N–H and O–H groups in total. The summed E-state index contributed by atoms with van der Waals surface area (Å²) in [5, 5.41) is 5.88. The molecule has 0 aliphatic carbocycles. The van der Waals surface area contributed by atoms with Crippen molar-refractivity contribution in [2.45, 2.75) is 6.92 Å². The molecule has 0 atom stereocenters. The van der Waals surface area contributed by atoms with Crippen LogP contribution in [0.3, 0.4) is 0 Å². The maximum Gasteiger partial charge on any atom is 0.162 e. The van der Waals surface area contributed by atoms with E-state index in [9.17, 15) is 0 Å². The van der Waals surface area contributed by atoms with Crippen LogP contribution >= 0.6 is 11.6 Å². The highest BCUT2D eigenvalue weighted by Gasteiger charge is 2.08. The van der Waals surface area contributed by atoms with Crippen LogP contribution in [-0.4, -0.2) is 16.2 Å². The number of para-hydroxylation sites is 1. The van der Waals surface area contributed by atoms with E-state index >= 15 is 0 Å². The van der Waals surface area contributed by atoms with Gasteiger partial charge in [0.1, 0.15) is 0 Å². The molecule has 3 aromatic carbocycles. The molecule has 27 heavy (non-hydrogen) atoms. The van der Waals surface area contributed by atoms with E-state index in [1.165, 1.54) is 5.56 Å². The van der Waals surface area contributed by atoms with Crippen molar-refractivity contribution in [1.82, 2.24) is 9.97 Å². The number of nitrogens with zero attached hydrogens (tertiary/aromatic N) is 3. The third-order valence-corrected chi connectivity index (χ3v) is 4.54. The van der Waals surface area contributed by atoms with E-state index in [4.69, 9.17) is 16.6 Å². The minimum Gasteiger partial charge on any atom is -0.261 e. The molecular weight excluding hydrogens is 356 g/mol. The summed E-state index contributed by atoms with van der Waals surface area (Å²) in [6.07, 6.45) is 1.69. The number of hydrazone groups is 1. The standard InChI is InChI=1S/C22H17ClN4/c1-15-10-12-16(13-11-15)21-25-20-9-5-3-7-18(20)22(26-21)27-24-14-17-6-2-4-8-19(17)23/h2-14H,1H3,(H,25,26,27)/b24-14-. The van der Waals surface area contributed by atoms with Crippen molar-refractivity contribution < 1.29 is 0 Å². The number of aromatic nitrogens is 2. The summed E-state index contributed by atoms with van der Waals surface area (Å²) < 4.78 is 0. The SMILES string of the molecule is Cc1ccc(-c2nc(N/N=C\c3ccccc3Cl)c3ccccc3n2)cc1. The molecule has 5 heteroatoms. The largest absolute Gasteiger partial charge is 0.261 e. The zero-order valence-electron chi connectivity index (χ0n) is 14.7. The Morgan fingerprint density at radius 2 is 1.63 bits per heavy atom. The van der Waals surface area contributed by atoms with Gasteiger partial charge in [-0.1, -0.05) is 71.8 Å². The second-order valence-electron chi connectivity index (χ2n) is 6.17. The second-order valence-corrected chi connectivity index (χ2v) is 6.58. The van der Waals surface area contributed by atoms with E-state index in [0.717, 1.165) is 22.0 Å². The topological polar surface area (TPSA) is 50.2 Å². The quantitative estimate of drug-likeness (QED) is 0.369. The lowest BCUT2D eigenvalue weighted by atomic mass is 10.1. The van der Waals surface area contributed by atoms with E-state index in [1.807, 2.05) is 60.7 Å². The van der Waals surface area contributed by atoms with Crippen LogP contribution < -0.4 is 5.43 Å². The highest BCUT2D eigenvalue weighted by Crippen LogP contribution is 2.25. The van der Waals surface area contributed by atoms with Crippen LogP contribution in [-0.2, 0) is 0 Å². The molecule has 1 heterocycles. The molecular formula is C22H17ClN4. The third-order valence-electron chi connectivity index (χ3n) is 4.19. The van der Waals surface area contributed by atoms with Gasteiger partial charge >= 0.3 is 0 Å². The number of benzene rings is 3. The zero-order valence-corrected chi connectivity index (χ0v) is 15.5. The first-order chi connectivity index (χ1) is 13.2. The first-order valence-electron chi connectivity index (χ1n) is 8.58. The van der Waals surface area contributed by atoms with Gasteiger partial charge in [0.25, 0.3) is 0 Å². The minimum absolute atomic E-state index is 0.649. The lowest BCUT2D eigenvalue weighted by molar-refractivity contribution is 1.19. The number of fused-ring (bicyclic) bond motifs is 1. The van der Waals surface area contributed by atoms with Crippen LogP contribution in [0.5, 0.6) is 0 Å². The summed E-state index contributed by atoms with van der Waals surface area (Å²) in [7, 11) is 0. The molecule has 4 nitrogen and oxygen atoms in total. The number of hydrogen-bond donors (Lipinski definition) is 1. The fourth-order valence-electron chi connectivity index (χ4n) is 2.74. The Bertz CT molecular complexity index is 1120. The van der Waals surface area contributed by atoms with Crippen molar-refractivity contribution in [2.75, 3.05) is 5.43 Å². The number of halogens is 1. The predicted molar refractivity (Wildman–Crippen MR) is 112 cm³/mol. The smallest absolute Gasteiger partial charge is 0.162 e. The van der Waals surface area contributed by atoms with Gasteiger partial charge in [0.2, 0.25) is 0 Å². The van der Waals surface area contributed by atoms with E-state index < -0.39 is 0 Å². The summed E-state index contributed by atoms with van der Waals surface area (Å²) in [6, 6.07) is 23.6. The molecule has 0 amide bonds. The minimum atomic E-state index is 0.649. The van der Waals surface area contributed by atoms with Crippen LogP contribution in [0.4, 0.5) is 5.82 Å². The van der Waals surface area contributed by atoms with Gasteiger partial charge in [-0.2, -0.15) is 5.10 Å². The van der Waals surface area contributed by atoms with Crippen molar-refractivity contribution in [2.24, 2.45) is 5.10 Å². The van der Waals surface area contributed by atoms with Gasteiger partial charge in [-0.15, -0.1) is 0 Å². The zero-order chi connectivity index (χ0) is 18.6. The Kier molecular flexibility index (Phi) is 4.81. The maximum absolute atomic E-state index is 6.17. The second kappa shape index (κ2) is 7.56. The lowest BCUT2D eigenvalue weighted by Crippen LogP contribution is -1.99. The van der Waals surface area contributed by atoms with E-state index in [0.29, 0.717) is 16.7 Å². The lowest BCUT2D eigenvalue weighted by Gasteiger charge is -2.08. The van der Waals surface area contributed by atoms with Crippen molar-refractivity contribution >= 4 is 34.5 Å². The summed E-state index contributed by atoms with van der Waals surface area (Å²) >= 11 is 6.17. The highest BCUT2D eigenvalue weighted by molar-refractivity contribution is 6.33. The van der Waals surface area contributed by atoms with E-state index in [-0.39, 0.29) is 0 Å². The van der Waals surface area contributed by atoms with Gasteiger partial charge in [-0.3, -0.25) is 5.43 Å². The molecule has 132 valence electrons. The van der Waals surface area contributed by atoms with Crippen LogP contribution in [0.25, 0.3) is 22.3 Å². The van der Waals surface area contributed by atoms with Gasteiger partial charge in [-0.05, 0) is 25.1 Å². The molecule has 0 aliphatic rings. The molecule has 0 saturated heterocycles. The van der Waals surface area contributed by atoms with Gasteiger partial charge in [0.15, 0.2) is 11.6 Å². The van der Waals surface area contributed by atoms with Gasteiger partial charge in [0.05, 0.1) is 11.7 Å². The van der Waals surface area contributed by atoms with Crippen molar-refractivity contribution in [3.63, 3.8) is 0 Å². The number of hydrogen-bond acceptors (Lipinski definition) is 4. The Morgan fingerprint density at radius 1 is 0.889 bits per heavy atom. The Labute approximate surface area is 162 Å². The Balaban J connectivity index is 1.72. The monoisotopic (exact) mass is 372 g/mol. The Morgan fingerprint density at radius 3 is 2.44 bits per heavy atom. The first kappa shape index (κ1) is 17.2. The van der Waals surface area contributed by atoms with Crippen LogP contribution in [0.1, 0.15) is 11.1 Å². The van der Waals surface area contributed by atoms with Gasteiger partial charge in [-0.25, -0.2) is 9.97 Å². The fraction of sp³-hybridized carbons (Fsp3) is 0.0455. The fourth-order valence-corrected chi connectivity index (χ4v) is 2.92. The molecule has 0 fully saturated rings. The highest BCUT2D eigenvalue weighted by atomic mass is 35.5. The number of anilines is 1. The normalized spacial score (nSPS) is 11.2. The molecule has 4 aromatic rings. The van der Waals surface area contributed by atoms with Crippen LogP contribution in [0.2, 0.25) is 5.02 Å². The summed E-state index contributed by atoms with van der Waals surface area (Å²) in [5.74, 6) is 1.31. The van der Waals surface area contributed by atoms with E-state index in [2.05, 4.69) is 34.6 Å². The molecule has 4 rings (SSSR count). The van der Waals surface area contributed by atoms with Crippen LogP contribution in [0.15, 0.2) is 77.9 Å². The number of rotatable bonds is 4. The summed E-state index contributed by atoms with van der Waals surface area (Å²) in [4.78, 5) is 9.38. The number of nitrogens with one attached hydrogen (secondary N) is 1. The molecule has 0 bridgehead atoms. The van der Waals surface area contributed by atoms with Gasteiger partial charge < -0.3 is 0 Å². The first-order valence-corrected chi connectivity index (χ1v) is 8.96. The molecule has 0 saturated carbocycles. The third kappa shape index (κ3) is 3.81. The molecule has 0 aliphatic heterocycles. The predicted octanol–water partition coefficient (Wildman–Crippen LogP) is 5.70. The van der Waals surface area contributed by atoms with Crippen molar-refractivity contribution in [3.8, 4) is 11.4 Å². The molecule has 0 radical (unpaired) electrons. The summed E-state index contributed by atoms with van der Waals surface area (Å²) in [6.45, 7) is 2.06. The molecule has 0 unspecified atom stereocenters. The van der Waals surface area contributed by atoms with E-state index in [1.54, 1.807) is 6.21 Å².